The molecule has 0 unspecified atom stereocenters. The number of halogens is 1. The van der Waals surface area contributed by atoms with Gasteiger partial charge in [0.15, 0.2) is 6.29 Å². The molecule has 0 amide bonds. The van der Waals surface area contributed by atoms with E-state index in [-0.39, 0.29) is 5.82 Å². The summed E-state index contributed by atoms with van der Waals surface area (Å²) < 4.78 is 13.3. The Hall–Kier alpha value is -2.95. The molecule has 0 fully saturated rings. The number of nitrogen functional groups attached to an aromatic ring is 1. The summed E-state index contributed by atoms with van der Waals surface area (Å²) in [5, 5.41) is 6.21. The minimum absolute atomic E-state index is 0.308. The Morgan fingerprint density at radius 3 is 2.67 bits per heavy atom. The van der Waals surface area contributed by atoms with Gasteiger partial charge in [0, 0.05) is 17.7 Å². The number of hydrogen-bond acceptors (Lipinski definition) is 4. The van der Waals surface area contributed by atoms with E-state index in [1.165, 1.54) is 17.7 Å². The van der Waals surface area contributed by atoms with Gasteiger partial charge in [-0.15, -0.1) is 0 Å². The summed E-state index contributed by atoms with van der Waals surface area (Å²) in [4.78, 5) is 11.3. The quantitative estimate of drug-likeness (QED) is 0.680. The van der Waals surface area contributed by atoms with Gasteiger partial charge in [-0.3, -0.25) is 4.79 Å². The van der Waals surface area contributed by atoms with Crippen LogP contribution >= 0.6 is 0 Å². The third-order valence-corrected chi connectivity index (χ3v) is 4.46. The van der Waals surface area contributed by atoms with Crippen LogP contribution in [0.3, 0.4) is 0 Å². The summed E-state index contributed by atoms with van der Waals surface area (Å²) in [5.41, 5.74) is 12.2. The second kappa shape index (κ2) is 5.60. The number of hydrogen-bond donors (Lipinski definition) is 1. The lowest BCUT2D eigenvalue weighted by Crippen LogP contribution is -2.27. The van der Waals surface area contributed by atoms with Crippen LogP contribution in [0.1, 0.15) is 24.0 Å². The number of rotatable bonds is 2. The number of anilines is 2. The van der Waals surface area contributed by atoms with Crippen molar-refractivity contribution in [3.8, 4) is 0 Å². The molecule has 120 valence electrons. The van der Waals surface area contributed by atoms with Crippen LogP contribution < -0.4 is 10.7 Å². The van der Waals surface area contributed by atoms with Crippen molar-refractivity contribution in [3.63, 3.8) is 0 Å². The Morgan fingerprint density at radius 1 is 1.12 bits per heavy atom. The van der Waals surface area contributed by atoms with Crippen LogP contribution in [0.5, 0.6) is 0 Å². The Morgan fingerprint density at radius 2 is 1.92 bits per heavy atom. The van der Waals surface area contributed by atoms with E-state index in [1.54, 1.807) is 17.1 Å². The van der Waals surface area contributed by atoms with Crippen molar-refractivity contribution in [2.75, 3.05) is 10.7 Å². The van der Waals surface area contributed by atoms with E-state index >= 15 is 0 Å². The van der Waals surface area contributed by atoms with Gasteiger partial charge in [0.25, 0.3) is 0 Å². The van der Waals surface area contributed by atoms with Crippen LogP contribution in [0.25, 0.3) is 5.70 Å². The first kappa shape index (κ1) is 14.6. The first-order chi connectivity index (χ1) is 11.7. The van der Waals surface area contributed by atoms with Crippen LogP contribution in [0.15, 0.2) is 53.1 Å². The van der Waals surface area contributed by atoms with Gasteiger partial charge in [-0.1, -0.05) is 6.07 Å². The fourth-order valence-corrected chi connectivity index (χ4v) is 3.33. The molecular weight excluding hydrogens is 305 g/mol. The third kappa shape index (κ3) is 2.38. The van der Waals surface area contributed by atoms with Gasteiger partial charge in [0.05, 0.1) is 11.4 Å². The zero-order valence-electron chi connectivity index (χ0n) is 13.0. The molecule has 1 aliphatic carbocycles. The van der Waals surface area contributed by atoms with Gasteiger partial charge in [-0.05, 0) is 60.4 Å². The fraction of sp³-hybridized carbons (Fsp3) is 0.158. The summed E-state index contributed by atoms with van der Waals surface area (Å²) >= 11 is 0. The van der Waals surface area contributed by atoms with Crippen molar-refractivity contribution >= 4 is 29.1 Å². The van der Waals surface area contributed by atoms with Gasteiger partial charge in [0.2, 0.25) is 0 Å². The van der Waals surface area contributed by atoms with Gasteiger partial charge >= 0.3 is 0 Å². The highest BCUT2D eigenvalue weighted by Crippen LogP contribution is 2.41. The maximum Gasteiger partial charge on any atom is 0.166 e. The Kier molecular flexibility index (Phi) is 3.41. The molecule has 0 saturated carbocycles. The van der Waals surface area contributed by atoms with E-state index < -0.39 is 0 Å². The van der Waals surface area contributed by atoms with E-state index in [1.807, 2.05) is 18.2 Å². The molecule has 0 atom stereocenters. The fourth-order valence-electron chi connectivity index (χ4n) is 3.33. The number of aldehydes is 1. The predicted molar refractivity (Wildman–Crippen MR) is 93.1 cm³/mol. The number of allylic oxidation sites excluding steroid dienone is 1. The summed E-state index contributed by atoms with van der Waals surface area (Å²) in [6.07, 6.45) is 3.12. The van der Waals surface area contributed by atoms with E-state index in [0.717, 1.165) is 41.6 Å². The lowest BCUT2D eigenvalue weighted by Gasteiger charge is -2.34. The minimum Gasteiger partial charge on any atom is -0.399 e. The summed E-state index contributed by atoms with van der Waals surface area (Å²) in [6, 6.07) is 12.0. The molecule has 0 bridgehead atoms. The van der Waals surface area contributed by atoms with Gasteiger partial charge in [0.1, 0.15) is 11.5 Å². The molecule has 2 N–H and O–H groups in total. The molecule has 5 heteroatoms. The molecule has 4 rings (SSSR count). The second-order valence-electron chi connectivity index (χ2n) is 6.04. The first-order valence-electron chi connectivity index (χ1n) is 7.85. The highest BCUT2D eigenvalue weighted by atomic mass is 19.1. The number of benzene rings is 2. The van der Waals surface area contributed by atoms with Gasteiger partial charge < -0.3 is 5.73 Å². The third-order valence-electron chi connectivity index (χ3n) is 4.46. The first-order valence-corrected chi connectivity index (χ1v) is 7.85. The van der Waals surface area contributed by atoms with Crippen LogP contribution in [0.4, 0.5) is 15.8 Å². The summed E-state index contributed by atoms with van der Waals surface area (Å²) in [7, 11) is 0. The Bertz CT molecular complexity index is 884. The largest absolute Gasteiger partial charge is 0.399 e. The predicted octanol–water partition coefficient (Wildman–Crippen LogP) is 3.53. The molecule has 1 aliphatic heterocycles. The Balaban J connectivity index is 1.90. The van der Waals surface area contributed by atoms with Crippen molar-refractivity contribution < 1.29 is 9.18 Å². The maximum atomic E-state index is 13.3. The number of carbonyl (C=O) groups excluding carboxylic acids is 1. The molecule has 0 saturated heterocycles. The molecule has 2 aliphatic rings. The SMILES string of the molecule is Nc1ccc2c(c1)C1=C(CC2)CC(C=O)=NN1c1ccc(F)cc1. The highest BCUT2D eigenvalue weighted by molar-refractivity contribution is 6.30. The number of nitrogens with zero attached hydrogens (tertiary/aromatic N) is 2. The molecule has 24 heavy (non-hydrogen) atoms. The number of carbonyl (C=O) groups is 1. The zero-order valence-corrected chi connectivity index (χ0v) is 13.0. The molecule has 0 aromatic heterocycles. The molecule has 2 aromatic rings. The lowest BCUT2D eigenvalue weighted by molar-refractivity contribution is -0.102. The number of fused-ring (bicyclic) bond motifs is 2. The smallest absolute Gasteiger partial charge is 0.166 e. The molecule has 1 heterocycles. The minimum atomic E-state index is -0.308. The molecule has 4 nitrogen and oxygen atoms in total. The molecule has 0 radical (unpaired) electrons. The molecule has 0 spiro atoms. The van der Waals surface area contributed by atoms with Crippen molar-refractivity contribution in [2.24, 2.45) is 5.10 Å². The Labute approximate surface area is 139 Å². The standard InChI is InChI=1S/C19H16FN3O/c20-14-4-7-17(8-5-14)23-19-13(9-16(11-24)22-23)2-1-12-3-6-15(21)10-18(12)19/h3-8,10-11H,1-2,9,21H2. The second-order valence-corrected chi connectivity index (χ2v) is 6.04. The zero-order chi connectivity index (χ0) is 16.7. The normalized spacial score (nSPS) is 16.4. The average molecular weight is 321 g/mol. The maximum absolute atomic E-state index is 13.3. The van der Waals surface area contributed by atoms with Crippen LogP contribution in [-0.2, 0) is 11.2 Å². The van der Waals surface area contributed by atoms with Crippen LogP contribution in [-0.4, -0.2) is 12.0 Å². The van der Waals surface area contributed by atoms with E-state index in [2.05, 4.69) is 5.10 Å². The number of aryl methyl sites for hydroxylation is 1. The monoisotopic (exact) mass is 321 g/mol. The average Bonchev–Trinajstić information content (AvgIpc) is 2.61. The summed E-state index contributed by atoms with van der Waals surface area (Å²) in [5.74, 6) is -0.308. The van der Waals surface area contributed by atoms with Crippen molar-refractivity contribution in [1.82, 2.24) is 0 Å². The van der Waals surface area contributed by atoms with E-state index in [0.29, 0.717) is 17.8 Å². The lowest BCUT2D eigenvalue weighted by atomic mass is 9.85. The van der Waals surface area contributed by atoms with Crippen LogP contribution in [0.2, 0.25) is 0 Å². The molecule has 2 aromatic carbocycles. The van der Waals surface area contributed by atoms with Crippen LogP contribution in [0, 0.1) is 5.82 Å². The number of nitrogens with two attached hydrogens (primary N) is 1. The van der Waals surface area contributed by atoms with Crippen molar-refractivity contribution in [1.29, 1.82) is 0 Å². The number of hydrazone groups is 1. The summed E-state index contributed by atoms with van der Waals surface area (Å²) in [6.45, 7) is 0. The molecular formula is C19H16FN3O. The van der Waals surface area contributed by atoms with Crippen molar-refractivity contribution in [2.45, 2.75) is 19.3 Å². The van der Waals surface area contributed by atoms with E-state index in [9.17, 15) is 9.18 Å². The van der Waals surface area contributed by atoms with Gasteiger partial charge in [-0.25, -0.2) is 9.40 Å². The topological polar surface area (TPSA) is 58.7 Å². The van der Waals surface area contributed by atoms with E-state index in [4.69, 9.17) is 5.73 Å². The van der Waals surface area contributed by atoms with Crippen molar-refractivity contribution in [3.05, 3.63) is 65.0 Å². The highest BCUT2D eigenvalue weighted by Gasteiger charge is 2.29. The van der Waals surface area contributed by atoms with Gasteiger partial charge in [-0.2, -0.15) is 5.10 Å².